The summed E-state index contributed by atoms with van der Waals surface area (Å²) in [6.45, 7) is 4.74. The van der Waals surface area contributed by atoms with Gasteiger partial charge in [0.1, 0.15) is 6.54 Å². The molecular weight excluding hydrogens is 336 g/mol. The van der Waals surface area contributed by atoms with E-state index in [1.165, 1.54) is 16.8 Å². The number of anilines is 1. The second-order valence-corrected chi connectivity index (χ2v) is 7.11. The fraction of sp³-hybridized carbons (Fsp3) is 0.273. The number of hydrogen-bond acceptors (Lipinski definition) is 3. The van der Waals surface area contributed by atoms with E-state index in [0.717, 1.165) is 30.6 Å². The summed E-state index contributed by atoms with van der Waals surface area (Å²) in [7, 11) is 0. The van der Waals surface area contributed by atoms with Crippen molar-refractivity contribution in [2.75, 3.05) is 11.4 Å². The number of aryl methyl sites for hydroxylation is 1. The topological polar surface area (TPSA) is 50.2 Å². The van der Waals surface area contributed by atoms with Crippen LogP contribution in [0.15, 0.2) is 60.9 Å². The maximum absolute atomic E-state index is 12.0. The number of hydrogen-bond donors (Lipinski definition) is 1. The van der Waals surface area contributed by atoms with E-state index < -0.39 is 0 Å². The first-order chi connectivity index (χ1) is 13.2. The maximum Gasteiger partial charge on any atom is 0.241 e. The number of nitrogens with zero attached hydrogens (tertiary/aromatic N) is 3. The van der Waals surface area contributed by atoms with Gasteiger partial charge in [0.2, 0.25) is 5.91 Å². The third kappa shape index (κ3) is 4.19. The predicted molar refractivity (Wildman–Crippen MR) is 106 cm³/mol. The fourth-order valence-corrected chi connectivity index (χ4v) is 3.51. The average Bonchev–Trinajstić information content (AvgIpc) is 3.27. The minimum atomic E-state index is -0.0316. The van der Waals surface area contributed by atoms with Gasteiger partial charge in [0.25, 0.3) is 0 Å². The second-order valence-electron chi connectivity index (χ2n) is 7.11. The van der Waals surface area contributed by atoms with Gasteiger partial charge in [-0.3, -0.25) is 9.48 Å². The molecule has 3 aromatic rings. The summed E-state index contributed by atoms with van der Waals surface area (Å²) in [5.74, 6) is -0.0316. The summed E-state index contributed by atoms with van der Waals surface area (Å²) >= 11 is 0. The number of rotatable bonds is 6. The van der Waals surface area contributed by atoms with Crippen LogP contribution in [0.5, 0.6) is 0 Å². The molecule has 0 bridgehead atoms. The molecule has 0 unspecified atom stereocenters. The monoisotopic (exact) mass is 360 g/mol. The van der Waals surface area contributed by atoms with Crippen molar-refractivity contribution in [3.05, 3.63) is 83.2 Å². The van der Waals surface area contributed by atoms with Crippen LogP contribution in [0, 0.1) is 6.92 Å². The number of aromatic nitrogens is 2. The number of benzene rings is 2. The van der Waals surface area contributed by atoms with Gasteiger partial charge >= 0.3 is 0 Å². The van der Waals surface area contributed by atoms with Crippen LogP contribution in [0.4, 0.5) is 5.69 Å². The highest BCUT2D eigenvalue weighted by Crippen LogP contribution is 2.28. The number of amides is 1. The van der Waals surface area contributed by atoms with Crippen LogP contribution in [-0.4, -0.2) is 22.2 Å². The number of nitrogens with one attached hydrogen (secondary N) is 1. The first kappa shape index (κ1) is 17.3. The Labute approximate surface area is 159 Å². The van der Waals surface area contributed by atoms with Crippen LogP contribution in [-0.2, 0) is 30.8 Å². The standard InChI is InChI=1S/C22H24N4O/c1-17-12-24-26(14-17)16-22(27)23-13-18-6-8-19(9-7-18)15-25-11-10-20-4-2-3-5-21(20)25/h2-9,12,14H,10-11,13,15-16H2,1H3,(H,23,27). The Bertz CT molecular complexity index is 929. The van der Waals surface area contributed by atoms with E-state index in [1.807, 2.05) is 13.1 Å². The normalized spacial score (nSPS) is 12.9. The molecule has 1 aliphatic heterocycles. The van der Waals surface area contributed by atoms with Crippen LogP contribution in [0.3, 0.4) is 0 Å². The minimum Gasteiger partial charge on any atom is -0.367 e. The Kier molecular flexibility index (Phi) is 4.92. The van der Waals surface area contributed by atoms with Crippen LogP contribution >= 0.6 is 0 Å². The number of carbonyl (C=O) groups is 1. The number of fused-ring (bicyclic) bond motifs is 1. The molecule has 0 saturated heterocycles. The summed E-state index contributed by atoms with van der Waals surface area (Å²) in [6.07, 6.45) is 4.74. The Balaban J connectivity index is 1.30. The summed E-state index contributed by atoms with van der Waals surface area (Å²) in [6, 6.07) is 17.1. The van der Waals surface area contributed by atoms with Gasteiger partial charge in [-0.1, -0.05) is 42.5 Å². The molecule has 1 amide bonds. The zero-order chi connectivity index (χ0) is 18.6. The van der Waals surface area contributed by atoms with Crippen molar-refractivity contribution in [2.45, 2.75) is 33.0 Å². The molecule has 0 saturated carbocycles. The molecule has 27 heavy (non-hydrogen) atoms. The summed E-state index contributed by atoms with van der Waals surface area (Å²) in [4.78, 5) is 14.5. The van der Waals surface area contributed by atoms with Gasteiger partial charge in [-0.15, -0.1) is 0 Å². The lowest BCUT2D eigenvalue weighted by Crippen LogP contribution is -2.27. The van der Waals surface area contributed by atoms with Gasteiger partial charge < -0.3 is 10.2 Å². The van der Waals surface area contributed by atoms with Crippen molar-refractivity contribution >= 4 is 11.6 Å². The maximum atomic E-state index is 12.0. The highest BCUT2D eigenvalue weighted by Gasteiger charge is 2.18. The van der Waals surface area contributed by atoms with Gasteiger partial charge in [-0.25, -0.2) is 0 Å². The molecule has 4 rings (SSSR count). The van der Waals surface area contributed by atoms with Gasteiger partial charge in [-0.2, -0.15) is 5.10 Å². The molecule has 2 heterocycles. The molecule has 1 N–H and O–H groups in total. The molecule has 0 radical (unpaired) electrons. The molecule has 0 spiro atoms. The molecule has 1 aromatic heterocycles. The lowest BCUT2D eigenvalue weighted by molar-refractivity contribution is -0.122. The van der Waals surface area contributed by atoms with Crippen molar-refractivity contribution in [1.82, 2.24) is 15.1 Å². The van der Waals surface area contributed by atoms with E-state index in [-0.39, 0.29) is 12.5 Å². The fourth-order valence-electron chi connectivity index (χ4n) is 3.51. The first-order valence-corrected chi connectivity index (χ1v) is 9.34. The Hall–Kier alpha value is -3.08. The molecule has 0 aliphatic carbocycles. The molecule has 0 fully saturated rings. The van der Waals surface area contributed by atoms with E-state index in [2.05, 4.69) is 63.8 Å². The Morgan fingerprint density at radius 1 is 1.11 bits per heavy atom. The number of para-hydroxylation sites is 1. The van der Waals surface area contributed by atoms with Gasteiger partial charge in [-0.05, 0) is 41.7 Å². The largest absolute Gasteiger partial charge is 0.367 e. The van der Waals surface area contributed by atoms with Gasteiger partial charge in [0.05, 0.1) is 6.20 Å². The van der Waals surface area contributed by atoms with Crippen LogP contribution < -0.4 is 10.2 Å². The van der Waals surface area contributed by atoms with Gasteiger partial charge in [0, 0.05) is 31.5 Å². The lowest BCUT2D eigenvalue weighted by atomic mass is 10.1. The molecule has 1 aliphatic rings. The van der Waals surface area contributed by atoms with Crippen molar-refractivity contribution in [2.24, 2.45) is 0 Å². The third-order valence-electron chi connectivity index (χ3n) is 4.94. The van der Waals surface area contributed by atoms with Crippen LogP contribution in [0.2, 0.25) is 0 Å². The van der Waals surface area contributed by atoms with Gasteiger partial charge in [0.15, 0.2) is 0 Å². The highest BCUT2D eigenvalue weighted by molar-refractivity contribution is 5.75. The smallest absolute Gasteiger partial charge is 0.241 e. The Morgan fingerprint density at radius 3 is 2.67 bits per heavy atom. The van der Waals surface area contributed by atoms with Crippen molar-refractivity contribution in [3.8, 4) is 0 Å². The zero-order valence-corrected chi connectivity index (χ0v) is 15.6. The van der Waals surface area contributed by atoms with E-state index in [0.29, 0.717) is 6.54 Å². The third-order valence-corrected chi connectivity index (χ3v) is 4.94. The van der Waals surface area contributed by atoms with Crippen molar-refractivity contribution in [3.63, 3.8) is 0 Å². The predicted octanol–water partition coefficient (Wildman–Crippen LogP) is 3.07. The summed E-state index contributed by atoms with van der Waals surface area (Å²) < 4.78 is 1.65. The zero-order valence-electron chi connectivity index (χ0n) is 15.6. The second kappa shape index (κ2) is 7.66. The lowest BCUT2D eigenvalue weighted by Gasteiger charge is -2.19. The molecule has 5 nitrogen and oxygen atoms in total. The summed E-state index contributed by atoms with van der Waals surface area (Å²) in [5.41, 5.74) is 6.23. The van der Waals surface area contributed by atoms with E-state index in [1.54, 1.807) is 10.9 Å². The molecule has 0 atom stereocenters. The van der Waals surface area contributed by atoms with E-state index in [9.17, 15) is 4.79 Å². The molecule has 2 aromatic carbocycles. The molecule has 5 heteroatoms. The summed E-state index contributed by atoms with van der Waals surface area (Å²) in [5, 5.41) is 7.09. The first-order valence-electron chi connectivity index (χ1n) is 9.34. The highest BCUT2D eigenvalue weighted by atomic mass is 16.2. The molecular formula is C22H24N4O. The average molecular weight is 360 g/mol. The van der Waals surface area contributed by atoms with Crippen LogP contribution in [0.1, 0.15) is 22.3 Å². The minimum absolute atomic E-state index is 0.0316. The number of carbonyl (C=O) groups excluding carboxylic acids is 1. The van der Waals surface area contributed by atoms with E-state index >= 15 is 0 Å². The van der Waals surface area contributed by atoms with E-state index in [4.69, 9.17) is 0 Å². The van der Waals surface area contributed by atoms with Crippen molar-refractivity contribution in [1.29, 1.82) is 0 Å². The van der Waals surface area contributed by atoms with Crippen molar-refractivity contribution < 1.29 is 4.79 Å². The quantitative estimate of drug-likeness (QED) is 0.735. The Morgan fingerprint density at radius 2 is 1.89 bits per heavy atom. The SMILES string of the molecule is Cc1cnn(CC(=O)NCc2ccc(CN3CCc4ccccc43)cc2)c1. The van der Waals surface area contributed by atoms with Crippen LogP contribution in [0.25, 0.3) is 0 Å². The molecule has 138 valence electrons.